The summed E-state index contributed by atoms with van der Waals surface area (Å²) in [5.74, 6) is 0.219. The molecule has 3 heterocycles. The van der Waals surface area contributed by atoms with Crippen LogP contribution in [-0.2, 0) is 4.79 Å². The normalized spacial score (nSPS) is 20.2. The summed E-state index contributed by atoms with van der Waals surface area (Å²) in [6.07, 6.45) is 7.34. The number of nitrogens with zero attached hydrogens (tertiary/aromatic N) is 2. The molecule has 25 heavy (non-hydrogen) atoms. The van der Waals surface area contributed by atoms with E-state index in [1.165, 1.54) is 18.0 Å². The van der Waals surface area contributed by atoms with Crippen LogP contribution in [0.5, 0.6) is 0 Å². The molecule has 1 aliphatic carbocycles. The van der Waals surface area contributed by atoms with Gasteiger partial charge in [-0.25, -0.2) is 4.98 Å². The lowest BCUT2D eigenvalue weighted by atomic mass is 10.2. The minimum Gasteiger partial charge on any atom is -0.457 e. The highest BCUT2D eigenvalue weighted by Gasteiger charge is 2.38. The second kappa shape index (κ2) is 6.72. The van der Waals surface area contributed by atoms with Crippen molar-refractivity contribution in [2.24, 2.45) is 0 Å². The maximum absolute atomic E-state index is 13.8. The van der Waals surface area contributed by atoms with Crippen molar-refractivity contribution >= 4 is 40.3 Å². The fourth-order valence-electron chi connectivity index (χ4n) is 3.23. The van der Waals surface area contributed by atoms with E-state index in [9.17, 15) is 9.18 Å². The Balaban J connectivity index is 1.58. The number of rotatable bonds is 3. The molecule has 2 fully saturated rings. The standard InChI is InChI=1S/C18H15FN2O2S2/c19-16-13(6-3-9-20-16)14-8-7-12(23-14)10-15-17(22)21(18(24)25-15)11-4-1-2-5-11/h3,6-11H,1-2,4-5H2/b15-10-. The predicted octanol–water partition coefficient (Wildman–Crippen LogP) is 4.62. The van der Waals surface area contributed by atoms with E-state index in [0.29, 0.717) is 26.3 Å². The van der Waals surface area contributed by atoms with E-state index >= 15 is 0 Å². The molecule has 0 radical (unpaired) electrons. The van der Waals surface area contributed by atoms with Crippen molar-refractivity contribution in [2.45, 2.75) is 31.7 Å². The molecule has 0 spiro atoms. The van der Waals surface area contributed by atoms with Crippen LogP contribution in [0.2, 0.25) is 0 Å². The van der Waals surface area contributed by atoms with E-state index in [1.54, 1.807) is 35.2 Å². The first-order valence-corrected chi connectivity index (χ1v) is 9.34. The molecule has 4 rings (SSSR count). The third kappa shape index (κ3) is 3.14. The van der Waals surface area contributed by atoms with Crippen LogP contribution in [0.3, 0.4) is 0 Å². The summed E-state index contributed by atoms with van der Waals surface area (Å²) < 4.78 is 20.0. The van der Waals surface area contributed by atoms with Crippen molar-refractivity contribution in [3.05, 3.63) is 47.1 Å². The molecule has 0 unspecified atom stereocenters. The molecule has 1 aliphatic heterocycles. The number of hydrogen-bond donors (Lipinski definition) is 0. The summed E-state index contributed by atoms with van der Waals surface area (Å²) in [4.78, 5) is 18.6. The molecule has 0 N–H and O–H groups in total. The van der Waals surface area contributed by atoms with E-state index in [4.69, 9.17) is 16.6 Å². The van der Waals surface area contributed by atoms with E-state index in [-0.39, 0.29) is 11.9 Å². The summed E-state index contributed by atoms with van der Waals surface area (Å²) in [6.45, 7) is 0. The largest absolute Gasteiger partial charge is 0.457 e. The third-order valence-corrected chi connectivity index (χ3v) is 5.77. The monoisotopic (exact) mass is 374 g/mol. The van der Waals surface area contributed by atoms with Crippen LogP contribution in [0.4, 0.5) is 4.39 Å². The fraction of sp³-hybridized carbons (Fsp3) is 0.278. The van der Waals surface area contributed by atoms with Gasteiger partial charge in [-0.1, -0.05) is 36.8 Å². The Morgan fingerprint density at radius 2 is 2.12 bits per heavy atom. The first-order valence-electron chi connectivity index (χ1n) is 8.11. The van der Waals surface area contributed by atoms with Gasteiger partial charge in [-0.3, -0.25) is 9.69 Å². The van der Waals surface area contributed by atoms with Gasteiger partial charge in [0, 0.05) is 18.3 Å². The van der Waals surface area contributed by atoms with Crippen LogP contribution < -0.4 is 0 Å². The van der Waals surface area contributed by atoms with Gasteiger partial charge in [0.2, 0.25) is 5.95 Å². The van der Waals surface area contributed by atoms with Gasteiger partial charge in [0.1, 0.15) is 15.8 Å². The lowest BCUT2D eigenvalue weighted by molar-refractivity contribution is -0.123. The lowest BCUT2D eigenvalue weighted by Gasteiger charge is -2.21. The Labute approximate surface area is 154 Å². The summed E-state index contributed by atoms with van der Waals surface area (Å²) in [5.41, 5.74) is 0.292. The second-order valence-corrected chi connectivity index (χ2v) is 7.71. The zero-order valence-corrected chi connectivity index (χ0v) is 14.9. The third-order valence-electron chi connectivity index (χ3n) is 4.44. The number of thioether (sulfide) groups is 1. The SMILES string of the molecule is O=C1/C(=C/c2ccc(-c3cccnc3F)o2)SC(=S)N1C1CCCC1. The maximum Gasteiger partial charge on any atom is 0.266 e. The van der Waals surface area contributed by atoms with E-state index in [2.05, 4.69) is 4.98 Å². The number of halogens is 1. The lowest BCUT2D eigenvalue weighted by Crippen LogP contribution is -2.36. The molecule has 1 saturated heterocycles. The number of aromatic nitrogens is 1. The van der Waals surface area contributed by atoms with Crippen LogP contribution in [-0.4, -0.2) is 26.2 Å². The molecule has 0 aromatic carbocycles. The molecule has 2 aromatic heterocycles. The van der Waals surface area contributed by atoms with Gasteiger partial charge < -0.3 is 4.42 Å². The van der Waals surface area contributed by atoms with E-state index in [1.807, 2.05) is 0 Å². The molecule has 0 bridgehead atoms. The van der Waals surface area contributed by atoms with Crippen LogP contribution >= 0.6 is 24.0 Å². The number of furan rings is 1. The van der Waals surface area contributed by atoms with E-state index < -0.39 is 5.95 Å². The molecule has 1 saturated carbocycles. The predicted molar refractivity (Wildman–Crippen MR) is 99.2 cm³/mol. The summed E-state index contributed by atoms with van der Waals surface area (Å²) in [6, 6.07) is 6.85. The first kappa shape index (κ1) is 16.5. The van der Waals surface area contributed by atoms with Crippen molar-refractivity contribution in [3.63, 3.8) is 0 Å². The zero-order chi connectivity index (χ0) is 17.4. The average molecular weight is 374 g/mol. The second-order valence-electron chi connectivity index (χ2n) is 6.03. The molecular weight excluding hydrogens is 359 g/mol. The van der Waals surface area contributed by atoms with Crippen molar-refractivity contribution in [1.29, 1.82) is 0 Å². The first-order chi connectivity index (χ1) is 12.1. The van der Waals surface area contributed by atoms with Gasteiger partial charge in [-0.15, -0.1) is 0 Å². The van der Waals surface area contributed by atoms with Crippen LogP contribution in [0.1, 0.15) is 31.4 Å². The van der Waals surface area contributed by atoms with Gasteiger partial charge in [-0.05, 0) is 37.1 Å². The van der Waals surface area contributed by atoms with Crippen LogP contribution in [0.15, 0.2) is 39.8 Å². The minimum atomic E-state index is -0.587. The molecule has 2 aliphatic rings. The van der Waals surface area contributed by atoms with E-state index in [0.717, 1.165) is 25.7 Å². The Kier molecular flexibility index (Phi) is 4.43. The van der Waals surface area contributed by atoms with Gasteiger partial charge in [-0.2, -0.15) is 4.39 Å². The Hall–Kier alpha value is -1.99. The van der Waals surface area contributed by atoms with Crippen LogP contribution in [0.25, 0.3) is 17.4 Å². The number of amides is 1. The topological polar surface area (TPSA) is 46.3 Å². The van der Waals surface area contributed by atoms with Gasteiger partial charge in [0.25, 0.3) is 5.91 Å². The number of carbonyl (C=O) groups excluding carboxylic acids is 1. The highest BCUT2D eigenvalue weighted by Crippen LogP contribution is 2.38. The van der Waals surface area contributed by atoms with Gasteiger partial charge in [0.15, 0.2) is 0 Å². The summed E-state index contributed by atoms with van der Waals surface area (Å²) in [7, 11) is 0. The number of thiocarbonyl (C=S) groups is 1. The molecule has 4 nitrogen and oxygen atoms in total. The molecule has 0 atom stereocenters. The Morgan fingerprint density at radius 3 is 2.88 bits per heavy atom. The molecule has 128 valence electrons. The van der Waals surface area contributed by atoms with Gasteiger partial charge >= 0.3 is 0 Å². The summed E-state index contributed by atoms with van der Waals surface area (Å²) >= 11 is 6.68. The fourth-order valence-corrected chi connectivity index (χ4v) is 4.61. The molecular formula is C18H15FN2O2S2. The zero-order valence-electron chi connectivity index (χ0n) is 13.3. The minimum absolute atomic E-state index is 0.0626. The summed E-state index contributed by atoms with van der Waals surface area (Å²) in [5, 5.41) is 0. The Morgan fingerprint density at radius 1 is 1.32 bits per heavy atom. The molecule has 7 heteroatoms. The number of pyridine rings is 1. The average Bonchev–Trinajstić information content (AvgIpc) is 3.31. The molecule has 1 amide bonds. The molecule has 2 aromatic rings. The van der Waals surface area contributed by atoms with Crippen molar-refractivity contribution in [2.75, 3.05) is 0 Å². The Bertz CT molecular complexity index is 871. The highest BCUT2D eigenvalue weighted by molar-refractivity contribution is 8.26. The number of hydrogen-bond acceptors (Lipinski definition) is 5. The van der Waals surface area contributed by atoms with Crippen molar-refractivity contribution < 1.29 is 13.6 Å². The maximum atomic E-state index is 13.8. The van der Waals surface area contributed by atoms with Crippen molar-refractivity contribution in [1.82, 2.24) is 9.88 Å². The number of carbonyl (C=O) groups is 1. The van der Waals surface area contributed by atoms with Gasteiger partial charge in [0.05, 0.1) is 10.5 Å². The van der Waals surface area contributed by atoms with Crippen molar-refractivity contribution in [3.8, 4) is 11.3 Å². The highest BCUT2D eigenvalue weighted by atomic mass is 32.2. The van der Waals surface area contributed by atoms with Crippen LogP contribution in [0, 0.1) is 5.95 Å². The smallest absolute Gasteiger partial charge is 0.266 e. The quantitative estimate of drug-likeness (QED) is 0.445.